The smallest absolute Gasteiger partial charge is 0.256 e. The number of amides is 1. The predicted octanol–water partition coefficient (Wildman–Crippen LogP) is 1.15. The molecular formula is C17H28N4O3. The molecule has 3 rings (SSSR count). The number of carbonyl (C=O) groups excluding carboxylic acids is 1. The van der Waals surface area contributed by atoms with Crippen molar-refractivity contribution < 1.29 is 14.1 Å². The normalized spacial score (nSPS) is 21.5. The van der Waals surface area contributed by atoms with Gasteiger partial charge >= 0.3 is 0 Å². The number of morpholine rings is 1. The number of ether oxygens (including phenoxy) is 1. The van der Waals surface area contributed by atoms with E-state index in [4.69, 9.17) is 15.0 Å². The van der Waals surface area contributed by atoms with Crippen LogP contribution in [0.2, 0.25) is 0 Å². The van der Waals surface area contributed by atoms with Gasteiger partial charge in [-0.1, -0.05) is 24.4 Å². The van der Waals surface area contributed by atoms with Gasteiger partial charge in [0.05, 0.1) is 13.2 Å². The monoisotopic (exact) mass is 336 g/mol. The number of aromatic nitrogens is 1. The highest BCUT2D eigenvalue weighted by atomic mass is 16.5. The summed E-state index contributed by atoms with van der Waals surface area (Å²) in [5.41, 5.74) is 6.72. The molecule has 2 fully saturated rings. The Bertz CT molecular complexity index is 534. The minimum atomic E-state index is -0.136. The van der Waals surface area contributed by atoms with Crippen molar-refractivity contribution in [2.45, 2.75) is 38.6 Å². The van der Waals surface area contributed by atoms with Gasteiger partial charge in [0.25, 0.3) is 5.91 Å². The molecule has 1 amide bonds. The number of hydrogen-bond acceptors (Lipinski definition) is 6. The summed E-state index contributed by atoms with van der Waals surface area (Å²) >= 11 is 0. The molecular weight excluding hydrogens is 308 g/mol. The molecule has 0 spiro atoms. The standard InChI is InChI=1S/C17H28N4O3/c18-10-15-14(11-24-20-15)16(22)19-12-17(4-2-1-3-5-17)13-21-6-8-23-9-7-21/h11H,1-10,12-13,18H2,(H,19,22). The molecule has 1 aliphatic carbocycles. The van der Waals surface area contributed by atoms with Crippen LogP contribution in [0.1, 0.15) is 48.2 Å². The topological polar surface area (TPSA) is 93.6 Å². The minimum Gasteiger partial charge on any atom is -0.379 e. The molecule has 0 unspecified atom stereocenters. The van der Waals surface area contributed by atoms with E-state index in [1.165, 1.54) is 25.5 Å². The SMILES string of the molecule is NCc1nocc1C(=O)NCC1(CN2CCOCC2)CCCCC1. The molecule has 0 radical (unpaired) electrons. The third-order valence-corrected chi connectivity index (χ3v) is 5.28. The highest BCUT2D eigenvalue weighted by molar-refractivity contribution is 5.94. The lowest BCUT2D eigenvalue weighted by Crippen LogP contribution is -2.49. The molecule has 0 bridgehead atoms. The third-order valence-electron chi connectivity index (χ3n) is 5.28. The largest absolute Gasteiger partial charge is 0.379 e. The first-order valence-electron chi connectivity index (χ1n) is 8.94. The zero-order valence-electron chi connectivity index (χ0n) is 14.3. The van der Waals surface area contributed by atoms with Crippen molar-refractivity contribution in [2.75, 3.05) is 39.4 Å². The first-order chi connectivity index (χ1) is 11.7. The quantitative estimate of drug-likeness (QED) is 0.809. The Labute approximate surface area is 142 Å². The summed E-state index contributed by atoms with van der Waals surface area (Å²) in [7, 11) is 0. The molecule has 134 valence electrons. The number of nitrogens with zero attached hydrogens (tertiary/aromatic N) is 2. The lowest BCUT2D eigenvalue weighted by Gasteiger charge is -2.42. The van der Waals surface area contributed by atoms with Gasteiger partial charge in [-0.15, -0.1) is 0 Å². The van der Waals surface area contributed by atoms with E-state index in [0.29, 0.717) is 17.8 Å². The molecule has 7 heteroatoms. The van der Waals surface area contributed by atoms with Crippen LogP contribution < -0.4 is 11.1 Å². The van der Waals surface area contributed by atoms with Crippen LogP contribution in [0.25, 0.3) is 0 Å². The van der Waals surface area contributed by atoms with Crippen molar-refractivity contribution in [3.8, 4) is 0 Å². The van der Waals surface area contributed by atoms with Gasteiger partial charge in [0, 0.05) is 38.1 Å². The number of nitrogens with one attached hydrogen (secondary N) is 1. The molecule has 2 aliphatic rings. The predicted molar refractivity (Wildman–Crippen MR) is 89.5 cm³/mol. The van der Waals surface area contributed by atoms with E-state index in [-0.39, 0.29) is 17.9 Å². The fourth-order valence-electron chi connectivity index (χ4n) is 3.88. The number of nitrogens with two attached hydrogens (primary N) is 1. The summed E-state index contributed by atoms with van der Waals surface area (Å²) in [5.74, 6) is -0.136. The minimum absolute atomic E-state index is 0.136. The third kappa shape index (κ3) is 4.15. The first kappa shape index (κ1) is 17.4. The molecule has 2 heterocycles. The van der Waals surface area contributed by atoms with Gasteiger partial charge in [0.1, 0.15) is 17.5 Å². The maximum atomic E-state index is 12.5. The second kappa shape index (κ2) is 8.09. The maximum Gasteiger partial charge on any atom is 0.256 e. The number of rotatable bonds is 6. The number of carbonyl (C=O) groups is 1. The number of hydrogen-bond donors (Lipinski definition) is 2. The Morgan fingerprint density at radius 3 is 2.75 bits per heavy atom. The molecule has 24 heavy (non-hydrogen) atoms. The van der Waals surface area contributed by atoms with Crippen LogP contribution in [0, 0.1) is 5.41 Å². The second-order valence-corrected chi connectivity index (χ2v) is 7.01. The van der Waals surface area contributed by atoms with Crippen LogP contribution in [0.15, 0.2) is 10.8 Å². The van der Waals surface area contributed by atoms with Crippen molar-refractivity contribution in [2.24, 2.45) is 11.1 Å². The van der Waals surface area contributed by atoms with Crippen LogP contribution in [0.5, 0.6) is 0 Å². The van der Waals surface area contributed by atoms with Gasteiger partial charge in [-0.05, 0) is 12.8 Å². The maximum absolute atomic E-state index is 12.5. The van der Waals surface area contributed by atoms with Crippen LogP contribution in [-0.2, 0) is 11.3 Å². The van der Waals surface area contributed by atoms with Crippen molar-refractivity contribution in [1.29, 1.82) is 0 Å². The molecule has 7 nitrogen and oxygen atoms in total. The Morgan fingerprint density at radius 1 is 1.29 bits per heavy atom. The van der Waals surface area contributed by atoms with E-state index >= 15 is 0 Å². The molecule has 1 aliphatic heterocycles. The molecule has 1 saturated carbocycles. The molecule has 0 aromatic carbocycles. The van der Waals surface area contributed by atoms with Gasteiger partial charge in [-0.3, -0.25) is 9.69 Å². The van der Waals surface area contributed by atoms with E-state index in [1.54, 1.807) is 0 Å². The van der Waals surface area contributed by atoms with Gasteiger partial charge in [-0.25, -0.2) is 0 Å². The fourth-order valence-corrected chi connectivity index (χ4v) is 3.88. The zero-order valence-corrected chi connectivity index (χ0v) is 14.3. The Kier molecular flexibility index (Phi) is 5.86. The Balaban J connectivity index is 1.62. The highest BCUT2D eigenvalue weighted by Gasteiger charge is 2.35. The van der Waals surface area contributed by atoms with E-state index in [9.17, 15) is 4.79 Å². The lowest BCUT2D eigenvalue weighted by atomic mass is 9.73. The van der Waals surface area contributed by atoms with Crippen LogP contribution in [-0.4, -0.2) is 55.4 Å². The molecule has 1 aromatic heterocycles. The van der Waals surface area contributed by atoms with Crippen molar-refractivity contribution in [3.05, 3.63) is 17.5 Å². The van der Waals surface area contributed by atoms with E-state index in [1.807, 2.05) is 0 Å². The second-order valence-electron chi connectivity index (χ2n) is 7.01. The average molecular weight is 336 g/mol. The summed E-state index contributed by atoms with van der Waals surface area (Å²) < 4.78 is 10.3. The van der Waals surface area contributed by atoms with E-state index in [0.717, 1.165) is 45.7 Å². The highest BCUT2D eigenvalue weighted by Crippen LogP contribution is 2.36. The van der Waals surface area contributed by atoms with Gasteiger partial charge in [0.15, 0.2) is 0 Å². The van der Waals surface area contributed by atoms with Crippen molar-refractivity contribution in [3.63, 3.8) is 0 Å². The molecule has 3 N–H and O–H groups in total. The average Bonchev–Trinajstić information content (AvgIpc) is 3.10. The van der Waals surface area contributed by atoms with E-state index < -0.39 is 0 Å². The summed E-state index contributed by atoms with van der Waals surface area (Å²) in [6.45, 7) is 5.52. The summed E-state index contributed by atoms with van der Waals surface area (Å²) in [6.07, 6.45) is 7.48. The van der Waals surface area contributed by atoms with Crippen LogP contribution in [0.4, 0.5) is 0 Å². The molecule has 1 aromatic rings. The van der Waals surface area contributed by atoms with Crippen LogP contribution in [0.3, 0.4) is 0 Å². The Morgan fingerprint density at radius 2 is 2.04 bits per heavy atom. The van der Waals surface area contributed by atoms with Gasteiger partial charge in [-0.2, -0.15) is 0 Å². The molecule has 0 atom stereocenters. The summed E-state index contributed by atoms with van der Waals surface area (Å²) in [5, 5.41) is 6.89. The van der Waals surface area contributed by atoms with Gasteiger partial charge in [0.2, 0.25) is 0 Å². The zero-order chi connectivity index (χ0) is 16.8. The lowest BCUT2D eigenvalue weighted by molar-refractivity contribution is 0.00728. The molecule has 1 saturated heterocycles. The van der Waals surface area contributed by atoms with Crippen molar-refractivity contribution in [1.82, 2.24) is 15.4 Å². The first-order valence-corrected chi connectivity index (χ1v) is 8.94. The summed E-state index contributed by atoms with van der Waals surface area (Å²) in [4.78, 5) is 14.9. The summed E-state index contributed by atoms with van der Waals surface area (Å²) in [6, 6.07) is 0. The fraction of sp³-hybridized carbons (Fsp3) is 0.765. The Hall–Kier alpha value is -1.44. The van der Waals surface area contributed by atoms with E-state index in [2.05, 4.69) is 15.4 Å². The van der Waals surface area contributed by atoms with Crippen LogP contribution >= 0.6 is 0 Å². The van der Waals surface area contributed by atoms with Gasteiger partial charge < -0.3 is 20.3 Å². The van der Waals surface area contributed by atoms with Crippen molar-refractivity contribution >= 4 is 5.91 Å².